The molecule has 1 aromatic rings. The number of nitrogens with one attached hydrogen (secondary N) is 3. The number of amides is 4. The fourth-order valence-electron chi connectivity index (χ4n) is 2.63. The highest BCUT2D eigenvalue weighted by molar-refractivity contribution is 5.89. The SMILES string of the molecule is Cc1ccc(NC(=O)NCC(C)(C)CC(=O)N(CCC(C)C)CC(=O)NO)cc1. The topological polar surface area (TPSA) is 111 Å². The maximum atomic E-state index is 12.7. The zero-order valence-corrected chi connectivity index (χ0v) is 18.0. The number of anilines is 1. The summed E-state index contributed by atoms with van der Waals surface area (Å²) < 4.78 is 0. The maximum absolute atomic E-state index is 12.7. The molecule has 8 heteroatoms. The van der Waals surface area contributed by atoms with Gasteiger partial charge in [-0.3, -0.25) is 14.8 Å². The monoisotopic (exact) mass is 406 g/mol. The fraction of sp³-hybridized carbons (Fsp3) is 0.571. The Labute approximate surface area is 173 Å². The Kier molecular flexibility index (Phi) is 9.61. The number of urea groups is 1. The third-order valence-corrected chi connectivity index (χ3v) is 4.45. The molecular formula is C21H34N4O4. The minimum absolute atomic E-state index is 0.161. The van der Waals surface area contributed by atoms with Gasteiger partial charge in [-0.15, -0.1) is 0 Å². The minimum Gasteiger partial charge on any atom is -0.337 e. The number of benzene rings is 1. The first-order chi connectivity index (χ1) is 13.5. The molecular weight excluding hydrogens is 372 g/mol. The number of carbonyl (C=O) groups excluding carboxylic acids is 3. The lowest BCUT2D eigenvalue weighted by atomic mass is 9.88. The van der Waals surface area contributed by atoms with E-state index in [2.05, 4.69) is 10.6 Å². The summed E-state index contributed by atoms with van der Waals surface area (Å²) in [6.45, 7) is 10.3. The molecule has 0 fully saturated rings. The second kappa shape index (κ2) is 11.4. The first-order valence-electron chi connectivity index (χ1n) is 9.84. The van der Waals surface area contributed by atoms with Crippen molar-refractivity contribution in [3.8, 4) is 0 Å². The van der Waals surface area contributed by atoms with E-state index in [4.69, 9.17) is 5.21 Å². The Morgan fingerprint density at radius 1 is 1.14 bits per heavy atom. The average molecular weight is 407 g/mol. The predicted molar refractivity (Wildman–Crippen MR) is 113 cm³/mol. The lowest BCUT2D eigenvalue weighted by Crippen LogP contribution is -2.44. The summed E-state index contributed by atoms with van der Waals surface area (Å²) in [6, 6.07) is 7.12. The van der Waals surface area contributed by atoms with E-state index in [-0.39, 0.29) is 24.9 Å². The van der Waals surface area contributed by atoms with Crippen molar-refractivity contribution in [3.63, 3.8) is 0 Å². The molecule has 1 rings (SSSR count). The number of hydroxylamine groups is 1. The molecule has 29 heavy (non-hydrogen) atoms. The van der Waals surface area contributed by atoms with Crippen LogP contribution in [0.2, 0.25) is 0 Å². The van der Waals surface area contributed by atoms with E-state index in [0.29, 0.717) is 24.7 Å². The molecule has 0 aliphatic heterocycles. The summed E-state index contributed by atoms with van der Waals surface area (Å²) in [4.78, 5) is 37.8. The molecule has 0 radical (unpaired) electrons. The number of hydrogen-bond donors (Lipinski definition) is 4. The number of nitrogens with zero attached hydrogens (tertiary/aromatic N) is 1. The van der Waals surface area contributed by atoms with Gasteiger partial charge in [0.1, 0.15) is 6.54 Å². The van der Waals surface area contributed by atoms with Crippen LogP contribution in [0.25, 0.3) is 0 Å². The molecule has 0 bridgehead atoms. The molecule has 0 aliphatic carbocycles. The van der Waals surface area contributed by atoms with Gasteiger partial charge < -0.3 is 15.5 Å². The quantitative estimate of drug-likeness (QED) is 0.354. The molecule has 0 heterocycles. The second-order valence-corrected chi connectivity index (χ2v) is 8.55. The number of rotatable bonds is 10. The highest BCUT2D eigenvalue weighted by atomic mass is 16.5. The van der Waals surface area contributed by atoms with E-state index in [1.54, 1.807) is 5.48 Å². The van der Waals surface area contributed by atoms with Gasteiger partial charge in [-0.05, 0) is 36.8 Å². The van der Waals surface area contributed by atoms with Crippen molar-refractivity contribution in [1.82, 2.24) is 15.7 Å². The summed E-state index contributed by atoms with van der Waals surface area (Å²) >= 11 is 0. The minimum atomic E-state index is -0.629. The van der Waals surface area contributed by atoms with Crippen LogP contribution in [0.4, 0.5) is 10.5 Å². The van der Waals surface area contributed by atoms with Gasteiger partial charge in [-0.25, -0.2) is 10.3 Å². The Balaban J connectivity index is 2.59. The van der Waals surface area contributed by atoms with Gasteiger partial charge >= 0.3 is 6.03 Å². The normalized spacial score (nSPS) is 11.1. The van der Waals surface area contributed by atoms with Crippen molar-refractivity contribution in [2.24, 2.45) is 11.3 Å². The molecule has 162 valence electrons. The number of hydrogen-bond acceptors (Lipinski definition) is 4. The van der Waals surface area contributed by atoms with Crippen LogP contribution < -0.4 is 16.1 Å². The largest absolute Gasteiger partial charge is 0.337 e. The van der Waals surface area contributed by atoms with Crippen molar-refractivity contribution in [1.29, 1.82) is 0 Å². The van der Waals surface area contributed by atoms with Crippen molar-refractivity contribution < 1.29 is 19.6 Å². The smallest absolute Gasteiger partial charge is 0.319 e. The number of aryl methyl sites for hydroxylation is 1. The molecule has 0 atom stereocenters. The van der Waals surface area contributed by atoms with Crippen LogP contribution in [-0.2, 0) is 9.59 Å². The van der Waals surface area contributed by atoms with Crippen LogP contribution in [0.5, 0.6) is 0 Å². The zero-order valence-electron chi connectivity index (χ0n) is 18.0. The molecule has 0 saturated heterocycles. The van der Waals surface area contributed by atoms with Gasteiger partial charge in [-0.2, -0.15) is 0 Å². The predicted octanol–water partition coefficient (Wildman–Crippen LogP) is 2.91. The number of carbonyl (C=O) groups is 3. The van der Waals surface area contributed by atoms with Gasteiger partial charge in [0.25, 0.3) is 5.91 Å². The van der Waals surface area contributed by atoms with E-state index in [0.717, 1.165) is 12.0 Å². The molecule has 0 unspecified atom stereocenters. The first kappa shape index (κ1) is 24.4. The second-order valence-electron chi connectivity index (χ2n) is 8.55. The third kappa shape index (κ3) is 9.94. The lowest BCUT2D eigenvalue weighted by Gasteiger charge is -2.29. The van der Waals surface area contributed by atoms with E-state index >= 15 is 0 Å². The van der Waals surface area contributed by atoms with Crippen LogP contribution in [-0.4, -0.2) is 47.6 Å². The standard InChI is InChI=1S/C21H34N4O4/c1-15(2)10-11-25(13-18(26)24-29)19(27)12-21(4,5)14-22-20(28)23-17-8-6-16(3)7-9-17/h6-9,15,29H,10-14H2,1-5H3,(H,24,26)(H2,22,23,28). The highest BCUT2D eigenvalue weighted by Crippen LogP contribution is 2.21. The molecule has 0 saturated carbocycles. The molecule has 4 N–H and O–H groups in total. The fourth-order valence-corrected chi connectivity index (χ4v) is 2.63. The van der Waals surface area contributed by atoms with Crippen LogP contribution >= 0.6 is 0 Å². The maximum Gasteiger partial charge on any atom is 0.319 e. The molecule has 0 aromatic heterocycles. The Hall–Kier alpha value is -2.61. The molecule has 8 nitrogen and oxygen atoms in total. The summed E-state index contributed by atoms with van der Waals surface area (Å²) in [5, 5.41) is 14.3. The zero-order chi connectivity index (χ0) is 22.0. The highest BCUT2D eigenvalue weighted by Gasteiger charge is 2.27. The van der Waals surface area contributed by atoms with Gasteiger partial charge in [0.05, 0.1) is 0 Å². The third-order valence-electron chi connectivity index (χ3n) is 4.45. The Morgan fingerprint density at radius 3 is 2.31 bits per heavy atom. The van der Waals surface area contributed by atoms with Crippen LogP contribution in [0.15, 0.2) is 24.3 Å². The van der Waals surface area contributed by atoms with Crippen LogP contribution in [0.3, 0.4) is 0 Å². The van der Waals surface area contributed by atoms with Gasteiger partial charge in [0.15, 0.2) is 0 Å². The summed E-state index contributed by atoms with van der Waals surface area (Å²) in [6.07, 6.45) is 0.913. The van der Waals surface area contributed by atoms with E-state index in [9.17, 15) is 14.4 Å². The van der Waals surface area contributed by atoms with Crippen LogP contribution in [0.1, 0.15) is 46.1 Å². The van der Waals surface area contributed by atoms with E-state index < -0.39 is 11.3 Å². The summed E-state index contributed by atoms with van der Waals surface area (Å²) in [5.41, 5.74) is 2.86. The van der Waals surface area contributed by atoms with Crippen molar-refractivity contribution in [2.75, 3.05) is 25.0 Å². The van der Waals surface area contributed by atoms with E-state index in [1.807, 2.05) is 58.9 Å². The van der Waals surface area contributed by atoms with Gasteiger partial charge in [0, 0.05) is 25.2 Å². The van der Waals surface area contributed by atoms with Crippen LogP contribution in [0, 0.1) is 18.3 Å². The Morgan fingerprint density at radius 2 is 1.76 bits per heavy atom. The lowest BCUT2D eigenvalue weighted by molar-refractivity contribution is -0.140. The summed E-state index contributed by atoms with van der Waals surface area (Å²) in [7, 11) is 0. The van der Waals surface area contributed by atoms with Gasteiger partial charge in [-0.1, -0.05) is 45.4 Å². The van der Waals surface area contributed by atoms with Gasteiger partial charge in [0.2, 0.25) is 5.91 Å². The molecule has 0 aliphatic rings. The summed E-state index contributed by atoms with van der Waals surface area (Å²) in [5.74, 6) is -0.446. The molecule has 0 spiro atoms. The average Bonchev–Trinajstić information content (AvgIpc) is 2.64. The molecule has 4 amide bonds. The van der Waals surface area contributed by atoms with Crippen molar-refractivity contribution in [2.45, 2.75) is 47.5 Å². The molecule has 1 aromatic carbocycles. The van der Waals surface area contributed by atoms with Crippen molar-refractivity contribution in [3.05, 3.63) is 29.8 Å². The van der Waals surface area contributed by atoms with Crippen molar-refractivity contribution >= 4 is 23.5 Å². The Bertz CT molecular complexity index is 686. The first-order valence-corrected chi connectivity index (χ1v) is 9.84. The van der Waals surface area contributed by atoms with E-state index in [1.165, 1.54) is 4.90 Å².